The van der Waals surface area contributed by atoms with Crippen molar-refractivity contribution >= 4 is 39.7 Å². The highest BCUT2D eigenvalue weighted by Crippen LogP contribution is 2.36. The predicted octanol–water partition coefficient (Wildman–Crippen LogP) is 4.23. The van der Waals surface area contributed by atoms with Gasteiger partial charge in [0, 0.05) is 35.8 Å². The van der Waals surface area contributed by atoms with Crippen LogP contribution in [0.5, 0.6) is 11.5 Å². The molecule has 1 saturated heterocycles. The standard InChI is InChI=1S/C27H30N6O4S/c1-3-36-21-13-19-20(14-22(21)37-4-2)31-24(16-33-8-10-35-11-9-33)32-26(19)30-18-7-5-6-17(12-18)27-29-15-23(38-27)25(28)34/h5-7,12-15H,3-4,8-11,16H2,1-2H3,(H2,28,34)(H,30,31,32). The second-order valence-electron chi connectivity index (χ2n) is 8.66. The Bertz CT molecular complexity index is 1440. The zero-order valence-electron chi connectivity index (χ0n) is 21.4. The Hall–Kier alpha value is -3.80. The molecule has 4 aromatic rings. The van der Waals surface area contributed by atoms with Gasteiger partial charge in [-0.05, 0) is 32.0 Å². The maximum atomic E-state index is 11.5. The molecule has 198 valence electrons. The van der Waals surface area contributed by atoms with Crippen LogP contribution in [0.1, 0.15) is 29.3 Å². The lowest BCUT2D eigenvalue weighted by molar-refractivity contribution is 0.0331. The molecular weight excluding hydrogens is 504 g/mol. The van der Waals surface area contributed by atoms with Crippen molar-refractivity contribution in [3.05, 3.63) is 53.3 Å². The Morgan fingerprint density at radius 1 is 1.11 bits per heavy atom. The van der Waals surface area contributed by atoms with Crippen molar-refractivity contribution in [2.75, 3.05) is 44.8 Å². The van der Waals surface area contributed by atoms with E-state index in [1.807, 2.05) is 50.2 Å². The van der Waals surface area contributed by atoms with Crippen molar-refractivity contribution in [3.8, 4) is 22.1 Å². The number of nitrogens with two attached hydrogens (primary N) is 1. The summed E-state index contributed by atoms with van der Waals surface area (Å²) < 4.78 is 17.2. The second-order valence-corrected chi connectivity index (χ2v) is 9.69. The van der Waals surface area contributed by atoms with Crippen molar-refractivity contribution in [1.29, 1.82) is 0 Å². The summed E-state index contributed by atoms with van der Waals surface area (Å²) in [6.45, 7) is 8.59. The van der Waals surface area contributed by atoms with Crippen LogP contribution in [0.4, 0.5) is 11.5 Å². The largest absolute Gasteiger partial charge is 0.490 e. The molecule has 0 radical (unpaired) electrons. The van der Waals surface area contributed by atoms with Gasteiger partial charge in [-0.25, -0.2) is 15.0 Å². The van der Waals surface area contributed by atoms with Gasteiger partial charge in [-0.2, -0.15) is 0 Å². The van der Waals surface area contributed by atoms with Gasteiger partial charge in [-0.15, -0.1) is 11.3 Å². The van der Waals surface area contributed by atoms with Gasteiger partial charge >= 0.3 is 0 Å². The number of morpholine rings is 1. The highest BCUT2D eigenvalue weighted by Gasteiger charge is 2.18. The van der Waals surface area contributed by atoms with E-state index in [0.717, 1.165) is 35.2 Å². The van der Waals surface area contributed by atoms with Crippen LogP contribution in [0.25, 0.3) is 21.5 Å². The van der Waals surface area contributed by atoms with E-state index in [0.29, 0.717) is 66.0 Å². The first kappa shape index (κ1) is 25.8. The van der Waals surface area contributed by atoms with E-state index in [9.17, 15) is 4.79 Å². The van der Waals surface area contributed by atoms with Gasteiger partial charge in [0.2, 0.25) is 0 Å². The summed E-state index contributed by atoms with van der Waals surface area (Å²) in [5, 5.41) is 5.01. The summed E-state index contributed by atoms with van der Waals surface area (Å²) in [7, 11) is 0. The molecule has 3 heterocycles. The number of fused-ring (bicyclic) bond motifs is 1. The van der Waals surface area contributed by atoms with Crippen LogP contribution in [0.15, 0.2) is 42.6 Å². The summed E-state index contributed by atoms with van der Waals surface area (Å²) in [6, 6.07) is 11.6. The van der Waals surface area contributed by atoms with E-state index in [2.05, 4.69) is 15.2 Å². The maximum absolute atomic E-state index is 11.5. The summed E-state index contributed by atoms with van der Waals surface area (Å²) in [4.78, 5) is 28.4. The fraction of sp³-hybridized carbons (Fsp3) is 0.333. The average molecular weight is 535 g/mol. The molecule has 2 aromatic heterocycles. The highest BCUT2D eigenvalue weighted by molar-refractivity contribution is 7.16. The Balaban J connectivity index is 1.54. The summed E-state index contributed by atoms with van der Waals surface area (Å²) >= 11 is 1.26. The van der Waals surface area contributed by atoms with Gasteiger partial charge < -0.3 is 25.3 Å². The van der Waals surface area contributed by atoms with Gasteiger partial charge in [0.15, 0.2) is 11.5 Å². The number of carbonyl (C=O) groups excluding carboxylic acids is 1. The molecule has 10 nitrogen and oxygen atoms in total. The van der Waals surface area contributed by atoms with E-state index < -0.39 is 5.91 Å². The molecule has 0 bridgehead atoms. The molecule has 1 aliphatic rings. The Kier molecular flexibility index (Phi) is 7.97. The van der Waals surface area contributed by atoms with Gasteiger partial charge in [0.05, 0.1) is 44.7 Å². The summed E-state index contributed by atoms with van der Waals surface area (Å²) in [6.07, 6.45) is 1.50. The summed E-state index contributed by atoms with van der Waals surface area (Å²) in [5.74, 6) is 2.18. The minimum atomic E-state index is -0.486. The fourth-order valence-corrected chi connectivity index (χ4v) is 5.00. The van der Waals surface area contributed by atoms with E-state index in [4.69, 9.17) is 29.9 Å². The van der Waals surface area contributed by atoms with Crippen LogP contribution in [-0.2, 0) is 11.3 Å². The van der Waals surface area contributed by atoms with Crippen molar-refractivity contribution in [2.24, 2.45) is 5.73 Å². The number of primary amides is 1. The van der Waals surface area contributed by atoms with Crippen molar-refractivity contribution in [1.82, 2.24) is 19.9 Å². The van der Waals surface area contributed by atoms with Crippen molar-refractivity contribution in [3.63, 3.8) is 0 Å². The van der Waals surface area contributed by atoms with Crippen LogP contribution in [-0.4, -0.2) is 65.3 Å². The zero-order chi connectivity index (χ0) is 26.5. The molecule has 0 saturated carbocycles. The molecule has 0 aliphatic carbocycles. The number of ether oxygens (including phenoxy) is 3. The van der Waals surface area contributed by atoms with Gasteiger partial charge in [0.1, 0.15) is 21.5 Å². The monoisotopic (exact) mass is 534 g/mol. The summed E-state index contributed by atoms with van der Waals surface area (Å²) in [5.41, 5.74) is 7.86. The third kappa shape index (κ3) is 5.85. The molecule has 0 spiro atoms. The second kappa shape index (κ2) is 11.7. The Morgan fingerprint density at radius 3 is 2.58 bits per heavy atom. The number of aromatic nitrogens is 3. The minimum absolute atomic E-state index is 0.418. The molecule has 38 heavy (non-hydrogen) atoms. The smallest absolute Gasteiger partial charge is 0.260 e. The molecule has 5 rings (SSSR count). The molecule has 3 N–H and O–H groups in total. The van der Waals surface area contributed by atoms with E-state index >= 15 is 0 Å². The van der Waals surface area contributed by atoms with Gasteiger partial charge in [-0.1, -0.05) is 12.1 Å². The van der Waals surface area contributed by atoms with Gasteiger partial charge in [-0.3, -0.25) is 9.69 Å². The molecule has 1 aliphatic heterocycles. The number of rotatable bonds is 10. The van der Waals surface area contributed by atoms with Gasteiger partial charge in [0.25, 0.3) is 5.91 Å². The number of nitrogens with one attached hydrogen (secondary N) is 1. The number of benzene rings is 2. The van der Waals surface area contributed by atoms with Crippen LogP contribution >= 0.6 is 11.3 Å². The van der Waals surface area contributed by atoms with Crippen LogP contribution in [0.3, 0.4) is 0 Å². The first-order chi connectivity index (χ1) is 18.5. The molecule has 1 amide bonds. The number of thiazole rings is 1. The number of carbonyl (C=O) groups is 1. The molecule has 2 aromatic carbocycles. The average Bonchev–Trinajstić information content (AvgIpc) is 3.42. The molecule has 0 atom stereocenters. The third-order valence-electron chi connectivity index (χ3n) is 6.00. The lowest BCUT2D eigenvalue weighted by Crippen LogP contribution is -2.36. The lowest BCUT2D eigenvalue weighted by Gasteiger charge is -2.26. The number of amides is 1. The predicted molar refractivity (Wildman–Crippen MR) is 147 cm³/mol. The maximum Gasteiger partial charge on any atom is 0.260 e. The quantitative estimate of drug-likeness (QED) is 0.308. The first-order valence-electron chi connectivity index (χ1n) is 12.6. The topological polar surface area (TPSA) is 125 Å². The SMILES string of the molecule is CCOc1cc2nc(CN3CCOCC3)nc(Nc3cccc(-c4ncc(C(N)=O)s4)c3)c2cc1OCC. The highest BCUT2D eigenvalue weighted by atomic mass is 32.1. The van der Waals surface area contributed by atoms with E-state index in [1.54, 1.807) is 0 Å². The molecule has 11 heteroatoms. The molecular formula is C27H30N6O4S. The van der Waals surface area contributed by atoms with Crippen molar-refractivity contribution in [2.45, 2.75) is 20.4 Å². The number of anilines is 2. The Morgan fingerprint density at radius 2 is 1.87 bits per heavy atom. The number of hydrogen-bond donors (Lipinski definition) is 2. The van der Waals surface area contributed by atoms with Crippen LogP contribution in [0.2, 0.25) is 0 Å². The fourth-order valence-electron chi connectivity index (χ4n) is 4.23. The number of hydrogen-bond acceptors (Lipinski definition) is 10. The Labute approximate surface area is 224 Å². The lowest BCUT2D eigenvalue weighted by atomic mass is 10.1. The molecule has 0 unspecified atom stereocenters. The van der Waals surface area contributed by atoms with Crippen molar-refractivity contribution < 1.29 is 19.0 Å². The van der Waals surface area contributed by atoms with E-state index in [1.165, 1.54) is 17.5 Å². The van der Waals surface area contributed by atoms with E-state index in [-0.39, 0.29) is 0 Å². The molecule has 1 fully saturated rings. The van der Waals surface area contributed by atoms with Crippen LogP contribution in [0, 0.1) is 0 Å². The third-order valence-corrected chi connectivity index (χ3v) is 7.06. The van der Waals surface area contributed by atoms with Crippen LogP contribution < -0.4 is 20.5 Å². The minimum Gasteiger partial charge on any atom is -0.490 e. The normalized spacial score (nSPS) is 13.9. The zero-order valence-corrected chi connectivity index (χ0v) is 22.2. The first-order valence-corrected chi connectivity index (χ1v) is 13.4. The number of nitrogens with zero attached hydrogens (tertiary/aromatic N) is 4.